The van der Waals surface area contributed by atoms with Crippen molar-refractivity contribution >= 4 is 89.4 Å². The molecule has 0 saturated heterocycles. The summed E-state index contributed by atoms with van der Waals surface area (Å²) in [7, 11) is 4.17. The van der Waals surface area contributed by atoms with Gasteiger partial charge >= 0.3 is 0 Å². The number of hydrogen-bond acceptors (Lipinski definition) is 5. The van der Waals surface area contributed by atoms with Crippen molar-refractivity contribution in [3.05, 3.63) is 83.6 Å². The molecule has 2 aromatic heterocycles. The van der Waals surface area contributed by atoms with E-state index >= 15 is 0 Å². The van der Waals surface area contributed by atoms with E-state index in [2.05, 4.69) is 90.4 Å². The molecule has 6 heteroatoms. The monoisotopic (exact) mass is 653 g/mol. The molecular weight excluding hydrogens is 613 g/mol. The second-order valence-corrected chi connectivity index (χ2v) is 8.39. The van der Waals surface area contributed by atoms with Crippen molar-refractivity contribution in [1.82, 2.24) is 0 Å². The van der Waals surface area contributed by atoms with E-state index < -0.39 is 0 Å². The van der Waals surface area contributed by atoms with Crippen LogP contribution in [0.15, 0.2) is 75.8 Å². The minimum absolute atomic E-state index is 0.829. The maximum absolute atomic E-state index is 7.00. The molecule has 3 N–H and O–H groups in total. The van der Waals surface area contributed by atoms with Crippen molar-refractivity contribution in [2.24, 2.45) is 5.73 Å². The summed E-state index contributed by atoms with van der Waals surface area (Å²) < 4.78 is 17.9. The molecule has 0 aliphatic rings. The van der Waals surface area contributed by atoms with Gasteiger partial charge < -0.3 is 24.4 Å². The summed E-state index contributed by atoms with van der Waals surface area (Å²) in [5.74, 6) is 0.829. The zero-order valence-electron chi connectivity index (χ0n) is 24.7. The number of fused-ring (bicyclic) bond motifs is 7. The molecule has 0 aliphatic heterocycles. The first-order chi connectivity index (χ1) is 19.5. The first-order valence-electron chi connectivity index (χ1n) is 13.1. The molecule has 40 heavy (non-hydrogen) atoms. The van der Waals surface area contributed by atoms with Gasteiger partial charge in [-0.05, 0) is 90.2 Å². The second kappa shape index (κ2) is 15.5. The van der Waals surface area contributed by atoms with Crippen molar-refractivity contribution in [3.63, 3.8) is 0 Å². The van der Waals surface area contributed by atoms with Crippen LogP contribution in [0.1, 0.15) is 37.5 Å². The molecule has 0 bridgehead atoms. The molecule has 0 fully saturated rings. The van der Waals surface area contributed by atoms with Gasteiger partial charge in [-0.1, -0.05) is 72.9 Å². The van der Waals surface area contributed by atoms with Crippen molar-refractivity contribution in [2.75, 3.05) is 26.2 Å². The van der Waals surface area contributed by atoms with Crippen molar-refractivity contribution in [3.8, 4) is 0 Å². The van der Waals surface area contributed by atoms with Gasteiger partial charge in [-0.3, -0.25) is 0 Å². The van der Waals surface area contributed by atoms with E-state index in [-0.39, 0.29) is 0 Å². The quantitative estimate of drug-likeness (QED) is 0.113. The number of ether oxygens (including phenoxy) is 1. The number of benzene rings is 4. The van der Waals surface area contributed by atoms with Crippen molar-refractivity contribution in [2.45, 2.75) is 27.7 Å². The van der Waals surface area contributed by atoms with Crippen LogP contribution in [-0.2, 0) is 4.74 Å². The predicted octanol–water partition coefficient (Wildman–Crippen LogP) is 9.86. The molecule has 5 nitrogen and oxygen atoms in total. The van der Waals surface area contributed by atoms with Crippen LogP contribution in [0.25, 0.3) is 66.8 Å². The number of alkyl halides is 1. The zero-order valence-corrected chi connectivity index (χ0v) is 26.8. The SMILES string of the molecule is C=Cc1cc2c(cc1/C=C(\C)OC)oc1cc3c(cc12)oc1cc2cc(C)ccc2cc13.CC.CI.CN.CO. The zero-order chi connectivity index (χ0) is 30.0. The summed E-state index contributed by atoms with van der Waals surface area (Å²) >= 11 is 2.15. The highest BCUT2D eigenvalue weighted by atomic mass is 127. The van der Waals surface area contributed by atoms with Gasteiger partial charge in [0.25, 0.3) is 0 Å². The van der Waals surface area contributed by atoms with Gasteiger partial charge in [-0.25, -0.2) is 0 Å². The first kappa shape index (κ1) is 32.9. The third-order valence-corrected chi connectivity index (χ3v) is 6.28. The summed E-state index contributed by atoms with van der Waals surface area (Å²) in [4.78, 5) is 1.97. The molecule has 2 heterocycles. The van der Waals surface area contributed by atoms with E-state index in [1.807, 2.05) is 43.9 Å². The molecular formula is C34H40INO4. The van der Waals surface area contributed by atoms with Gasteiger partial charge in [0.1, 0.15) is 22.3 Å². The molecule has 6 rings (SSSR count). The molecule has 212 valence electrons. The molecule has 6 aromatic rings. The molecule has 0 amide bonds. The number of halogens is 1. The van der Waals surface area contributed by atoms with Crippen LogP contribution >= 0.6 is 22.6 Å². The van der Waals surface area contributed by atoms with Gasteiger partial charge in [0, 0.05) is 28.7 Å². The molecule has 0 unspecified atom stereocenters. The lowest BCUT2D eigenvalue weighted by molar-refractivity contribution is 0.297. The standard InChI is InChI=1S/C29H22O3.C2H6.CH3I.CH5N.CH4O/c1-5-18-10-22-24-14-29-25(15-28(24)32-27(22)13-21(18)9-17(3)30-4)23-11-19-7-6-16(2)8-20(19)12-26(23)31-29;4*1-2/h5-15H,1H2,2-4H3;1-2H3;1H3;2H2,1H3;2H,1H3/b17-9+;;;;. The summed E-state index contributed by atoms with van der Waals surface area (Å²) in [5, 5.41) is 13.6. The average Bonchev–Trinajstić information content (AvgIpc) is 3.54. The Morgan fingerprint density at radius 2 is 1.27 bits per heavy atom. The van der Waals surface area contributed by atoms with Crippen molar-refractivity contribution < 1.29 is 18.7 Å². The average molecular weight is 654 g/mol. The maximum Gasteiger partial charge on any atom is 0.136 e. The lowest BCUT2D eigenvalue weighted by Crippen LogP contribution is -1.84. The van der Waals surface area contributed by atoms with Gasteiger partial charge in [0.15, 0.2) is 0 Å². The summed E-state index contributed by atoms with van der Waals surface area (Å²) in [6.45, 7) is 12.0. The molecule has 0 atom stereocenters. The lowest BCUT2D eigenvalue weighted by atomic mass is 10.0. The van der Waals surface area contributed by atoms with E-state index in [0.29, 0.717) is 0 Å². The summed E-state index contributed by atoms with van der Waals surface area (Å²) in [6, 6.07) is 19.2. The van der Waals surface area contributed by atoms with Crippen LogP contribution in [0.5, 0.6) is 0 Å². The van der Waals surface area contributed by atoms with E-state index in [4.69, 9.17) is 18.7 Å². The number of allylic oxidation sites excluding steroid dienone is 1. The van der Waals surface area contributed by atoms with Gasteiger partial charge in [0.05, 0.1) is 12.9 Å². The highest BCUT2D eigenvalue weighted by molar-refractivity contribution is 14.1. The Kier molecular flexibility index (Phi) is 12.7. The van der Waals surface area contributed by atoms with E-state index in [9.17, 15) is 0 Å². The van der Waals surface area contributed by atoms with Gasteiger partial charge in [0.2, 0.25) is 0 Å². The number of aryl methyl sites for hydroxylation is 1. The Morgan fingerprint density at radius 1 is 0.775 bits per heavy atom. The number of methoxy groups -OCH3 is 1. The molecule has 0 saturated carbocycles. The van der Waals surface area contributed by atoms with E-state index in [1.165, 1.54) is 23.4 Å². The fourth-order valence-corrected chi connectivity index (χ4v) is 4.56. The number of nitrogens with two attached hydrogens (primary N) is 1. The summed E-state index contributed by atoms with van der Waals surface area (Å²) in [5.41, 5.74) is 11.2. The first-order valence-corrected chi connectivity index (χ1v) is 15.2. The van der Waals surface area contributed by atoms with E-state index in [1.54, 1.807) is 7.11 Å². The molecule has 0 radical (unpaired) electrons. The van der Waals surface area contributed by atoms with Crippen LogP contribution in [0.4, 0.5) is 0 Å². The smallest absolute Gasteiger partial charge is 0.136 e. The normalized spacial score (nSPS) is 10.6. The Bertz CT molecular complexity index is 1760. The summed E-state index contributed by atoms with van der Waals surface area (Å²) in [6.07, 6.45) is 3.86. The Morgan fingerprint density at radius 3 is 1.82 bits per heavy atom. The van der Waals surface area contributed by atoms with Gasteiger partial charge in [-0.15, -0.1) is 0 Å². The molecule has 0 aliphatic carbocycles. The largest absolute Gasteiger partial charge is 0.501 e. The maximum atomic E-state index is 7.00. The number of hydrogen-bond donors (Lipinski definition) is 2. The van der Waals surface area contributed by atoms with Crippen LogP contribution < -0.4 is 5.73 Å². The number of aliphatic hydroxyl groups excluding tert-OH is 1. The third-order valence-electron chi connectivity index (χ3n) is 6.28. The minimum atomic E-state index is 0.829. The Balaban J connectivity index is 0.000000646. The lowest BCUT2D eigenvalue weighted by Gasteiger charge is -2.04. The fourth-order valence-electron chi connectivity index (χ4n) is 4.56. The number of rotatable bonds is 3. The minimum Gasteiger partial charge on any atom is -0.501 e. The van der Waals surface area contributed by atoms with E-state index in [0.717, 1.165) is 67.9 Å². The number of aliphatic hydroxyl groups is 1. The Labute approximate surface area is 250 Å². The van der Waals surface area contributed by atoms with Gasteiger partial charge in [-0.2, -0.15) is 0 Å². The Hall–Kier alpha value is -3.33. The highest BCUT2D eigenvalue weighted by Crippen LogP contribution is 2.39. The van der Waals surface area contributed by atoms with Crippen LogP contribution in [0, 0.1) is 6.92 Å². The fraction of sp³-hybridized carbons (Fsp3) is 0.235. The highest BCUT2D eigenvalue weighted by Gasteiger charge is 2.15. The number of furan rings is 2. The molecule has 0 spiro atoms. The second-order valence-electron chi connectivity index (χ2n) is 8.39. The predicted molar refractivity (Wildman–Crippen MR) is 184 cm³/mol. The van der Waals surface area contributed by atoms with Crippen LogP contribution in [-0.4, -0.2) is 31.3 Å². The van der Waals surface area contributed by atoms with Crippen LogP contribution in [0.3, 0.4) is 0 Å². The third kappa shape index (κ3) is 6.52. The van der Waals surface area contributed by atoms with Crippen LogP contribution in [0.2, 0.25) is 0 Å². The molecule has 4 aromatic carbocycles. The van der Waals surface area contributed by atoms with Crippen molar-refractivity contribution in [1.29, 1.82) is 0 Å². The topological polar surface area (TPSA) is 81.8 Å².